The molecule has 4 unspecified atom stereocenters. The molecule has 116 valence electrons. The Morgan fingerprint density at radius 2 is 2.00 bits per heavy atom. The van der Waals surface area contributed by atoms with Crippen LogP contribution in [0.1, 0.15) is 47.0 Å². The second-order valence-corrected chi connectivity index (χ2v) is 7.50. The first-order valence-electron chi connectivity index (χ1n) is 7.22. The van der Waals surface area contributed by atoms with Gasteiger partial charge in [-0.15, -0.1) is 0 Å². The van der Waals surface area contributed by atoms with Crippen molar-refractivity contribution in [3.8, 4) is 0 Å². The predicted molar refractivity (Wildman–Crippen MR) is 80.8 cm³/mol. The summed E-state index contributed by atoms with van der Waals surface area (Å²) in [6.07, 6.45) is 3.49. The van der Waals surface area contributed by atoms with Gasteiger partial charge in [0.15, 0.2) is 0 Å². The van der Waals surface area contributed by atoms with Crippen molar-refractivity contribution in [2.45, 2.75) is 63.8 Å². The van der Waals surface area contributed by atoms with Crippen molar-refractivity contribution < 1.29 is 13.8 Å². The van der Waals surface area contributed by atoms with Gasteiger partial charge >= 0.3 is 0 Å². The topological polar surface area (TPSA) is 66.5 Å². The summed E-state index contributed by atoms with van der Waals surface area (Å²) in [5.74, 6) is -0.109. The van der Waals surface area contributed by atoms with E-state index in [9.17, 15) is 13.8 Å². The predicted octanol–water partition coefficient (Wildman–Crippen LogP) is 1.05. The molecule has 6 heteroatoms. The highest BCUT2D eigenvalue weighted by molar-refractivity contribution is 7.84. The summed E-state index contributed by atoms with van der Waals surface area (Å²) >= 11 is 0. The Morgan fingerprint density at radius 1 is 1.40 bits per heavy atom. The van der Waals surface area contributed by atoms with Gasteiger partial charge in [0.05, 0.1) is 0 Å². The molecule has 1 saturated heterocycles. The first-order valence-corrected chi connectivity index (χ1v) is 8.84. The first kappa shape index (κ1) is 17.1. The van der Waals surface area contributed by atoms with Crippen LogP contribution < -0.4 is 5.32 Å². The molecule has 4 atom stereocenters. The molecule has 5 nitrogen and oxygen atoms in total. The molecule has 0 radical (unpaired) electrons. The van der Waals surface area contributed by atoms with Gasteiger partial charge in [0.25, 0.3) is 0 Å². The Balaban J connectivity index is 2.89. The van der Waals surface area contributed by atoms with Gasteiger partial charge in [0.2, 0.25) is 11.8 Å². The van der Waals surface area contributed by atoms with Gasteiger partial charge in [-0.05, 0) is 26.2 Å². The lowest BCUT2D eigenvalue weighted by Crippen LogP contribution is -2.69. The molecule has 0 aromatic carbocycles. The molecular formula is C14H26N2O3S. The summed E-state index contributed by atoms with van der Waals surface area (Å²) in [5.41, 5.74) is -0.808. The van der Waals surface area contributed by atoms with Crippen LogP contribution in [0.25, 0.3) is 0 Å². The van der Waals surface area contributed by atoms with Gasteiger partial charge in [-0.25, -0.2) is 0 Å². The Kier molecular flexibility index (Phi) is 5.74. The van der Waals surface area contributed by atoms with Crippen LogP contribution in [0.15, 0.2) is 0 Å². The molecule has 1 heterocycles. The zero-order chi connectivity index (χ0) is 15.5. The van der Waals surface area contributed by atoms with Gasteiger partial charge in [-0.1, -0.05) is 20.8 Å². The van der Waals surface area contributed by atoms with E-state index >= 15 is 0 Å². The molecule has 0 spiro atoms. The normalized spacial score (nSPS) is 30.1. The van der Waals surface area contributed by atoms with E-state index in [4.69, 9.17) is 0 Å². The summed E-state index contributed by atoms with van der Waals surface area (Å²) in [7, 11) is -0.907. The fourth-order valence-corrected chi connectivity index (χ4v) is 2.84. The average Bonchev–Trinajstić information content (AvgIpc) is 2.40. The fourth-order valence-electron chi connectivity index (χ4n) is 2.40. The molecule has 1 fully saturated rings. The molecule has 0 bridgehead atoms. The van der Waals surface area contributed by atoms with Gasteiger partial charge in [-0.2, -0.15) is 0 Å². The SMILES string of the molecule is CCC1C(=O)NC(C)(CC)C(=O)N1CCC(C)S(C)=O. The highest BCUT2D eigenvalue weighted by atomic mass is 32.2. The molecule has 1 N–H and O–H groups in total. The van der Waals surface area contributed by atoms with Crippen molar-refractivity contribution in [3.63, 3.8) is 0 Å². The van der Waals surface area contributed by atoms with E-state index in [1.54, 1.807) is 18.1 Å². The summed E-state index contributed by atoms with van der Waals surface area (Å²) in [6.45, 7) is 7.96. The van der Waals surface area contributed by atoms with Gasteiger partial charge in [0, 0.05) is 28.9 Å². The zero-order valence-corrected chi connectivity index (χ0v) is 13.9. The number of nitrogens with one attached hydrogen (secondary N) is 1. The number of rotatable bonds is 6. The van der Waals surface area contributed by atoms with Crippen LogP contribution >= 0.6 is 0 Å². The number of amides is 2. The minimum atomic E-state index is -0.907. The van der Waals surface area contributed by atoms with Crippen molar-refractivity contribution in [1.82, 2.24) is 10.2 Å². The molecule has 1 rings (SSSR count). The Labute approximate surface area is 123 Å². The fraction of sp³-hybridized carbons (Fsp3) is 0.857. The second-order valence-electron chi connectivity index (χ2n) is 5.70. The Hall–Kier alpha value is -0.910. The monoisotopic (exact) mass is 302 g/mol. The molecule has 0 aromatic heterocycles. The van der Waals surface area contributed by atoms with Gasteiger partial charge in [-0.3, -0.25) is 13.8 Å². The number of nitrogens with zero attached hydrogens (tertiary/aromatic N) is 1. The lowest BCUT2D eigenvalue weighted by atomic mass is 9.91. The molecule has 2 amide bonds. The smallest absolute Gasteiger partial charge is 0.248 e. The van der Waals surface area contributed by atoms with E-state index < -0.39 is 22.4 Å². The standard InChI is InChI=1S/C14H26N2O3S/c1-6-11-12(17)15-14(4,7-2)13(18)16(11)9-8-10(3)20(5)19/h10-11H,6-9H2,1-5H3,(H,15,17). The van der Waals surface area contributed by atoms with Crippen LogP contribution in [-0.2, 0) is 20.4 Å². The number of carbonyl (C=O) groups excluding carboxylic acids is 2. The van der Waals surface area contributed by atoms with Crippen LogP contribution in [0.4, 0.5) is 0 Å². The molecular weight excluding hydrogens is 276 g/mol. The minimum absolute atomic E-state index is 0.0261. The molecule has 1 aliphatic heterocycles. The maximum atomic E-state index is 12.6. The molecule has 0 saturated carbocycles. The number of piperazine rings is 1. The maximum absolute atomic E-state index is 12.6. The van der Waals surface area contributed by atoms with E-state index in [1.807, 2.05) is 20.8 Å². The largest absolute Gasteiger partial charge is 0.340 e. The Bertz CT molecular complexity index is 413. The van der Waals surface area contributed by atoms with Crippen LogP contribution in [-0.4, -0.2) is 50.6 Å². The lowest BCUT2D eigenvalue weighted by molar-refractivity contribution is -0.154. The highest BCUT2D eigenvalue weighted by Gasteiger charge is 2.46. The molecule has 20 heavy (non-hydrogen) atoms. The van der Waals surface area contributed by atoms with Crippen molar-refractivity contribution in [3.05, 3.63) is 0 Å². The van der Waals surface area contributed by atoms with Crippen LogP contribution in [0.3, 0.4) is 0 Å². The zero-order valence-electron chi connectivity index (χ0n) is 13.1. The summed E-state index contributed by atoms with van der Waals surface area (Å²) in [5, 5.41) is 2.87. The third kappa shape index (κ3) is 3.40. The quantitative estimate of drug-likeness (QED) is 0.797. The number of hydrogen-bond acceptors (Lipinski definition) is 3. The van der Waals surface area contributed by atoms with Crippen LogP contribution in [0.5, 0.6) is 0 Å². The van der Waals surface area contributed by atoms with Gasteiger partial charge in [0.1, 0.15) is 11.6 Å². The van der Waals surface area contributed by atoms with Gasteiger partial charge < -0.3 is 10.2 Å². The van der Waals surface area contributed by atoms with E-state index in [0.29, 0.717) is 25.8 Å². The number of hydrogen-bond donors (Lipinski definition) is 1. The van der Waals surface area contributed by atoms with E-state index in [2.05, 4.69) is 5.32 Å². The molecule has 0 aromatic rings. The van der Waals surface area contributed by atoms with Crippen LogP contribution in [0.2, 0.25) is 0 Å². The first-order chi connectivity index (χ1) is 9.26. The number of carbonyl (C=O) groups is 2. The summed E-state index contributed by atoms with van der Waals surface area (Å²) in [4.78, 5) is 26.5. The maximum Gasteiger partial charge on any atom is 0.248 e. The molecule has 1 aliphatic rings. The third-order valence-corrected chi connectivity index (χ3v) is 5.62. The minimum Gasteiger partial charge on any atom is -0.340 e. The summed E-state index contributed by atoms with van der Waals surface area (Å²) < 4.78 is 11.4. The third-order valence-electron chi connectivity index (χ3n) is 4.25. The van der Waals surface area contributed by atoms with Crippen molar-refractivity contribution in [2.24, 2.45) is 0 Å². The van der Waals surface area contributed by atoms with Crippen molar-refractivity contribution in [2.75, 3.05) is 12.8 Å². The van der Waals surface area contributed by atoms with Crippen molar-refractivity contribution in [1.29, 1.82) is 0 Å². The molecule has 0 aliphatic carbocycles. The van der Waals surface area contributed by atoms with E-state index in [1.165, 1.54) is 0 Å². The average molecular weight is 302 g/mol. The highest BCUT2D eigenvalue weighted by Crippen LogP contribution is 2.23. The lowest BCUT2D eigenvalue weighted by Gasteiger charge is -2.44. The van der Waals surface area contributed by atoms with Crippen LogP contribution in [0, 0.1) is 0 Å². The van der Waals surface area contributed by atoms with Crippen molar-refractivity contribution >= 4 is 22.6 Å². The Morgan fingerprint density at radius 3 is 2.45 bits per heavy atom. The summed E-state index contributed by atoms with van der Waals surface area (Å²) in [6, 6.07) is -0.403. The van der Waals surface area contributed by atoms with E-state index in [0.717, 1.165) is 0 Å². The van der Waals surface area contributed by atoms with E-state index in [-0.39, 0.29) is 17.1 Å². The second kappa shape index (κ2) is 6.70.